The zero-order chi connectivity index (χ0) is 12.4. The normalized spacial score (nSPS) is 15.4. The average Bonchev–Trinajstić information content (AvgIpc) is 2.24. The van der Waals surface area contributed by atoms with Gasteiger partial charge in [0.15, 0.2) is 0 Å². The molecule has 0 fully saturated rings. The van der Waals surface area contributed by atoms with Crippen LogP contribution in [-0.2, 0) is 0 Å². The summed E-state index contributed by atoms with van der Waals surface area (Å²) in [5.41, 5.74) is 0. The third kappa shape index (κ3) is 9.21. The minimum Gasteiger partial charge on any atom is -0.396 e. The Bertz CT molecular complexity index is 138. The van der Waals surface area contributed by atoms with Crippen molar-refractivity contribution in [3.63, 3.8) is 0 Å². The van der Waals surface area contributed by atoms with Gasteiger partial charge in [0.2, 0.25) is 0 Å². The summed E-state index contributed by atoms with van der Waals surface area (Å²) in [7, 11) is 0. The van der Waals surface area contributed by atoms with Crippen molar-refractivity contribution in [3.8, 4) is 0 Å². The Labute approximate surface area is 103 Å². The monoisotopic (exact) mass is 228 g/mol. The molecule has 0 aromatic carbocycles. The molecule has 0 rings (SSSR count). The minimum atomic E-state index is 0.373. The standard InChI is InChI=1S/C15H32O/c1-5-15(12-16)11-7-10-14(4)9-6-8-13(2)3/h13-16H,5-12H2,1-4H3. The largest absolute Gasteiger partial charge is 0.396 e. The first-order valence-electron chi connectivity index (χ1n) is 7.20. The molecule has 0 saturated heterocycles. The topological polar surface area (TPSA) is 20.2 Å². The predicted molar refractivity (Wildman–Crippen MR) is 72.6 cm³/mol. The smallest absolute Gasteiger partial charge is 0.0459 e. The Balaban J connectivity index is 3.39. The molecule has 0 amide bonds. The van der Waals surface area contributed by atoms with E-state index in [0.29, 0.717) is 12.5 Å². The van der Waals surface area contributed by atoms with Gasteiger partial charge in [0, 0.05) is 6.61 Å². The summed E-state index contributed by atoms with van der Waals surface area (Å²) in [5.74, 6) is 2.27. The van der Waals surface area contributed by atoms with Gasteiger partial charge < -0.3 is 5.11 Å². The molecule has 0 bridgehead atoms. The van der Waals surface area contributed by atoms with Crippen molar-refractivity contribution in [2.75, 3.05) is 6.61 Å². The van der Waals surface area contributed by atoms with E-state index in [4.69, 9.17) is 5.11 Å². The van der Waals surface area contributed by atoms with Crippen LogP contribution in [0.5, 0.6) is 0 Å². The van der Waals surface area contributed by atoms with E-state index in [1.165, 1.54) is 38.5 Å². The second-order valence-corrected chi connectivity index (χ2v) is 5.82. The van der Waals surface area contributed by atoms with Crippen LogP contribution < -0.4 is 0 Å². The van der Waals surface area contributed by atoms with Crippen molar-refractivity contribution in [1.82, 2.24) is 0 Å². The molecule has 0 aromatic heterocycles. The lowest BCUT2D eigenvalue weighted by molar-refractivity contribution is 0.209. The van der Waals surface area contributed by atoms with Gasteiger partial charge in [-0.2, -0.15) is 0 Å². The zero-order valence-electron chi connectivity index (χ0n) is 11.8. The van der Waals surface area contributed by atoms with E-state index < -0.39 is 0 Å². The van der Waals surface area contributed by atoms with Gasteiger partial charge >= 0.3 is 0 Å². The fourth-order valence-corrected chi connectivity index (χ4v) is 2.20. The highest BCUT2D eigenvalue weighted by Crippen LogP contribution is 2.20. The Kier molecular flexibility index (Phi) is 10.1. The molecular weight excluding hydrogens is 196 g/mol. The molecule has 1 N–H and O–H groups in total. The molecule has 98 valence electrons. The Morgan fingerprint density at radius 1 is 0.875 bits per heavy atom. The molecule has 0 aliphatic carbocycles. The fourth-order valence-electron chi connectivity index (χ4n) is 2.20. The lowest BCUT2D eigenvalue weighted by atomic mass is 9.92. The van der Waals surface area contributed by atoms with E-state index in [1.54, 1.807) is 0 Å². The quantitative estimate of drug-likeness (QED) is 0.577. The van der Waals surface area contributed by atoms with E-state index in [9.17, 15) is 0 Å². The van der Waals surface area contributed by atoms with Crippen LogP contribution in [0, 0.1) is 17.8 Å². The molecule has 0 aliphatic heterocycles. The Morgan fingerprint density at radius 3 is 1.88 bits per heavy atom. The molecule has 2 unspecified atom stereocenters. The summed E-state index contributed by atoms with van der Waals surface area (Å²) >= 11 is 0. The molecule has 0 heterocycles. The summed E-state index contributed by atoms with van der Waals surface area (Å²) < 4.78 is 0. The van der Waals surface area contributed by atoms with Crippen molar-refractivity contribution >= 4 is 0 Å². The van der Waals surface area contributed by atoms with Crippen molar-refractivity contribution in [2.45, 2.75) is 72.6 Å². The van der Waals surface area contributed by atoms with Gasteiger partial charge in [-0.15, -0.1) is 0 Å². The highest BCUT2D eigenvalue weighted by Gasteiger charge is 2.07. The number of hydrogen-bond acceptors (Lipinski definition) is 1. The Hall–Kier alpha value is -0.0400. The maximum absolute atomic E-state index is 9.09. The third-order valence-corrected chi connectivity index (χ3v) is 3.62. The first-order chi connectivity index (χ1) is 7.60. The lowest BCUT2D eigenvalue weighted by Gasteiger charge is -2.15. The van der Waals surface area contributed by atoms with Crippen LogP contribution in [0.25, 0.3) is 0 Å². The van der Waals surface area contributed by atoms with Crippen LogP contribution in [0.4, 0.5) is 0 Å². The zero-order valence-corrected chi connectivity index (χ0v) is 11.8. The highest BCUT2D eigenvalue weighted by atomic mass is 16.3. The molecule has 0 aliphatic rings. The van der Waals surface area contributed by atoms with Crippen LogP contribution in [0.15, 0.2) is 0 Å². The molecule has 0 radical (unpaired) electrons. The van der Waals surface area contributed by atoms with E-state index in [1.807, 2.05) is 0 Å². The molecule has 1 nitrogen and oxygen atoms in total. The first kappa shape index (κ1) is 16.0. The number of rotatable bonds is 10. The minimum absolute atomic E-state index is 0.373. The summed E-state index contributed by atoms with van der Waals surface area (Å²) in [6.07, 6.45) is 9.11. The maximum Gasteiger partial charge on any atom is 0.0459 e. The maximum atomic E-state index is 9.09. The molecule has 0 aromatic rings. The summed E-state index contributed by atoms with van der Waals surface area (Å²) in [6.45, 7) is 9.53. The van der Waals surface area contributed by atoms with E-state index in [-0.39, 0.29) is 0 Å². The SMILES string of the molecule is CCC(CO)CCCC(C)CCCC(C)C. The van der Waals surface area contributed by atoms with Crippen molar-refractivity contribution < 1.29 is 5.11 Å². The van der Waals surface area contributed by atoms with Crippen LogP contribution in [0.1, 0.15) is 72.6 Å². The van der Waals surface area contributed by atoms with Crippen LogP contribution in [0.3, 0.4) is 0 Å². The van der Waals surface area contributed by atoms with Gasteiger partial charge in [0.05, 0.1) is 0 Å². The van der Waals surface area contributed by atoms with Gasteiger partial charge in [0.25, 0.3) is 0 Å². The van der Waals surface area contributed by atoms with Gasteiger partial charge in [-0.05, 0) is 24.2 Å². The lowest BCUT2D eigenvalue weighted by Crippen LogP contribution is -2.05. The van der Waals surface area contributed by atoms with E-state index in [0.717, 1.165) is 18.3 Å². The summed E-state index contributed by atoms with van der Waals surface area (Å²) in [5, 5.41) is 9.09. The van der Waals surface area contributed by atoms with Gasteiger partial charge in [-0.3, -0.25) is 0 Å². The van der Waals surface area contributed by atoms with Crippen LogP contribution in [-0.4, -0.2) is 11.7 Å². The molecule has 16 heavy (non-hydrogen) atoms. The van der Waals surface area contributed by atoms with E-state index >= 15 is 0 Å². The van der Waals surface area contributed by atoms with Crippen LogP contribution in [0.2, 0.25) is 0 Å². The van der Waals surface area contributed by atoms with E-state index in [2.05, 4.69) is 27.7 Å². The van der Waals surface area contributed by atoms with Crippen molar-refractivity contribution in [2.24, 2.45) is 17.8 Å². The number of hydrogen-bond donors (Lipinski definition) is 1. The summed E-state index contributed by atoms with van der Waals surface area (Å²) in [6, 6.07) is 0. The van der Waals surface area contributed by atoms with Crippen LogP contribution >= 0.6 is 0 Å². The first-order valence-corrected chi connectivity index (χ1v) is 7.20. The van der Waals surface area contributed by atoms with Gasteiger partial charge in [-0.25, -0.2) is 0 Å². The van der Waals surface area contributed by atoms with Crippen molar-refractivity contribution in [3.05, 3.63) is 0 Å². The molecule has 0 spiro atoms. The van der Waals surface area contributed by atoms with Gasteiger partial charge in [0.1, 0.15) is 0 Å². The van der Waals surface area contributed by atoms with Gasteiger partial charge in [-0.1, -0.05) is 66.2 Å². The molecular formula is C15H32O. The summed E-state index contributed by atoms with van der Waals surface area (Å²) in [4.78, 5) is 0. The predicted octanol–water partition coefficient (Wildman–Crippen LogP) is 4.64. The second kappa shape index (κ2) is 10.1. The fraction of sp³-hybridized carbons (Fsp3) is 1.00. The highest BCUT2D eigenvalue weighted by molar-refractivity contribution is 4.59. The number of aliphatic hydroxyl groups is 1. The third-order valence-electron chi connectivity index (χ3n) is 3.62. The number of aliphatic hydroxyl groups excluding tert-OH is 1. The molecule has 0 saturated carbocycles. The van der Waals surface area contributed by atoms with Crippen molar-refractivity contribution in [1.29, 1.82) is 0 Å². The second-order valence-electron chi connectivity index (χ2n) is 5.82. The molecule has 1 heteroatoms. The molecule has 2 atom stereocenters. The average molecular weight is 228 g/mol. The Morgan fingerprint density at radius 2 is 1.44 bits per heavy atom.